The summed E-state index contributed by atoms with van der Waals surface area (Å²) in [6, 6.07) is 5.46. The van der Waals surface area contributed by atoms with Gasteiger partial charge in [-0.3, -0.25) is 4.79 Å². The molecule has 0 saturated heterocycles. The van der Waals surface area contributed by atoms with Crippen LogP contribution in [0.15, 0.2) is 29.4 Å². The highest BCUT2D eigenvalue weighted by atomic mass is 32.2. The molecular weight excluding hydrogens is 306 g/mol. The molecule has 8 heteroatoms. The summed E-state index contributed by atoms with van der Waals surface area (Å²) in [4.78, 5) is 29.6. The molecule has 2 rings (SSSR count). The average molecular weight is 321 g/mol. The van der Waals surface area contributed by atoms with Gasteiger partial charge in [0.05, 0.1) is 13.5 Å². The number of nitrogens with zero attached hydrogens (tertiary/aromatic N) is 1. The smallest absolute Gasteiger partial charge is 0.443 e. The number of amidine groups is 1. The minimum Gasteiger partial charge on any atom is -0.497 e. The van der Waals surface area contributed by atoms with Crippen LogP contribution in [0.5, 0.6) is 5.75 Å². The summed E-state index contributed by atoms with van der Waals surface area (Å²) in [6.45, 7) is 0. The van der Waals surface area contributed by atoms with Crippen LogP contribution in [0.4, 0.5) is 4.79 Å². The van der Waals surface area contributed by atoms with E-state index in [1.165, 1.54) is 0 Å². The van der Waals surface area contributed by atoms with E-state index >= 15 is 0 Å². The van der Waals surface area contributed by atoms with Crippen molar-refractivity contribution in [2.75, 3.05) is 13.4 Å². The molecule has 22 heavy (non-hydrogen) atoms. The second-order valence-electron chi connectivity index (χ2n) is 4.30. The van der Waals surface area contributed by atoms with Crippen molar-refractivity contribution in [3.05, 3.63) is 30.0 Å². The first-order valence-electron chi connectivity index (χ1n) is 6.30. The minimum atomic E-state index is -1.02. The van der Waals surface area contributed by atoms with Crippen molar-refractivity contribution in [2.24, 2.45) is 10.7 Å². The standard InChI is InChI=1S/C14H15N3O4S/c1-20-9-3-4-11-10(6-9)8(7-16-11)5-12(18)21-14(19)17-13(15)22-2/h3-4,6-7,16H,5H2,1-2H3,(H2,15,17,19). The van der Waals surface area contributed by atoms with E-state index in [0.29, 0.717) is 11.3 Å². The monoisotopic (exact) mass is 321 g/mol. The molecule has 1 heterocycles. The van der Waals surface area contributed by atoms with Gasteiger partial charge in [0.2, 0.25) is 0 Å². The van der Waals surface area contributed by atoms with E-state index in [9.17, 15) is 9.59 Å². The molecule has 116 valence electrons. The number of hydrogen-bond donors (Lipinski definition) is 2. The van der Waals surface area contributed by atoms with Crippen molar-refractivity contribution < 1.29 is 19.1 Å². The van der Waals surface area contributed by atoms with Crippen LogP contribution in [-0.2, 0) is 16.0 Å². The van der Waals surface area contributed by atoms with Gasteiger partial charge in [0.15, 0.2) is 5.17 Å². The Bertz CT molecular complexity index is 739. The number of benzene rings is 1. The van der Waals surface area contributed by atoms with Gasteiger partial charge in [0.1, 0.15) is 5.75 Å². The zero-order chi connectivity index (χ0) is 16.1. The normalized spacial score (nSPS) is 11.5. The molecule has 0 aliphatic carbocycles. The Morgan fingerprint density at radius 1 is 1.41 bits per heavy atom. The first kappa shape index (κ1) is 15.9. The number of amides is 1. The zero-order valence-corrected chi connectivity index (χ0v) is 12.9. The molecule has 0 saturated carbocycles. The number of nitrogens with two attached hydrogens (primary N) is 1. The van der Waals surface area contributed by atoms with Crippen LogP contribution in [-0.4, -0.2) is 35.6 Å². The Labute approximate surface area is 130 Å². The molecule has 0 unspecified atom stereocenters. The van der Waals surface area contributed by atoms with E-state index in [0.717, 1.165) is 22.7 Å². The highest BCUT2D eigenvalue weighted by Gasteiger charge is 2.14. The Kier molecular flexibility index (Phi) is 5.05. The number of aromatic amines is 1. The van der Waals surface area contributed by atoms with Gasteiger partial charge in [-0.1, -0.05) is 11.8 Å². The molecule has 7 nitrogen and oxygen atoms in total. The number of nitrogens with one attached hydrogen (secondary N) is 1. The molecule has 0 atom stereocenters. The van der Waals surface area contributed by atoms with Crippen molar-refractivity contribution in [1.29, 1.82) is 0 Å². The maximum absolute atomic E-state index is 11.8. The van der Waals surface area contributed by atoms with Gasteiger partial charge < -0.3 is 20.2 Å². The number of ether oxygens (including phenoxy) is 2. The average Bonchev–Trinajstić information content (AvgIpc) is 2.88. The number of esters is 1. The lowest BCUT2D eigenvalue weighted by molar-refractivity contribution is -0.136. The molecule has 2 aromatic rings. The highest BCUT2D eigenvalue weighted by Crippen LogP contribution is 2.24. The fraction of sp³-hybridized carbons (Fsp3) is 0.214. The number of fused-ring (bicyclic) bond motifs is 1. The maximum atomic E-state index is 11.8. The van der Waals surface area contributed by atoms with E-state index in [-0.39, 0.29) is 11.6 Å². The third-order valence-electron chi connectivity index (χ3n) is 2.92. The summed E-state index contributed by atoms with van der Waals surface area (Å²) in [5.41, 5.74) is 6.94. The molecular formula is C14H15N3O4S. The van der Waals surface area contributed by atoms with E-state index in [4.69, 9.17) is 10.5 Å². The highest BCUT2D eigenvalue weighted by molar-refractivity contribution is 8.13. The first-order chi connectivity index (χ1) is 10.5. The predicted molar refractivity (Wildman–Crippen MR) is 85.2 cm³/mol. The predicted octanol–water partition coefficient (Wildman–Crippen LogP) is 2.06. The Morgan fingerprint density at radius 2 is 2.18 bits per heavy atom. The van der Waals surface area contributed by atoms with Gasteiger partial charge >= 0.3 is 12.1 Å². The lowest BCUT2D eigenvalue weighted by atomic mass is 10.1. The third kappa shape index (κ3) is 3.79. The summed E-state index contributed by atoms with van der Waals surface area (Å²) in [6.07, 6.45) is 2.27. The molecule has 1 aromatic carbocycles. The molecule has 0 bridgehead atoms. The minimum absolute atomic E-state index is 0.0367. The van der Waals surface area contributed by atoms with Crippen molar-refractivity contribution in [1.82, 2.24) is 4.98 Å². The van der Waals surface area contributed by atoms with E-state index in [1.807, 2.05) is 12.1 Å². The number of methoxy groups -OCH3 is 1. The summed E-state index contributed by atoms with van der Waals surface area (Å²) in [5, 5.41) is 0.866. The molecule has 0 fully saturated rings. The lowest BCUT2D eigenvalue weighted by Crippen LogP contribution is -2.15. The number of aliphatic imine (C=N–C) groups is 1. The van der Waals surface area contributed by atoms with Crippen LogP contribution in [0.1, 0.15) is 5.56 Å². The Morgan fingerprint density at radius 3 is 2.86 bits per heavy atom. The molecule has 0 spiro atoms. The molecule has 3 N–H and O–H groups in total. The summed E-state index contributed by atoms with van der Waals surface area (Å²) < 4.78 is 9.75. The van der Waals surface area contributed by atoms with Crippen LogP contribution >= 0.6 is 11.8 Å². The van der Waals surface area contributed by atoms with Crippen LogP contribution in [0.2, 0.25) is 0 Å². The van der Waals surface area contributed by atoms with Gasteiger partial charge in [0, 0.05) is 17.1 Å². The van der Waals surface area contributed by atoms with Gasteiger partial charge in [0.25, 0.3) is 0 Å². The van der Waals surface area contributed by atoms with Gasteiger partial charge in [-0.2, -0.15) is 4.99 Å². The lowest BCUT2D eigenvalue weighted by Gasteiger charge is -2.02. The number of aromatic nitrogens is 1. The Balaban J connectivity index is 2.10. The van der Waals surface area contributed by atoms with Crippen molar-refractivity contribution in [3.63, 3.8) is 0 Å². The number of rotatable bonds is 3. The quantitative estimate of drug-likeness (QED) is 0.388. The molecule has 0 aliphatic rings. The summed E-state index contributed by atoms with van der Waals surface area (Å²) in [5.74, 6) is -0.0264. The summed E-state index contributed by atoms with van der Waals surface area (Å²) >= 11 is 1.09. The van der Waals surface area contributed by atoms with Crippen LogP contribution in [0, 0.1) is 0 Å². The first-order valence-corrected chi connectivity index (χ1v) is 7.52. The number of thioether (sulfide) groups is 1. The largest absolute Gasteiger partial charge is 0.497 e. The maximum Gasteiger partial charge on any atom is 0.443 e. The number of hydrogen-bond acceptors (Lipinski definition) is 5. The van der Waals surface area contributed by atoms with E-state index in [2.05, 4.69) is 14.7 Å². The molecule has 0 aliphatic heterocycles. The third-order valence-corrected chi connectivity index (χ3v) is 3.43. The van der Waals surface area contributed by atoms with Gasteiger partial charge in [-0.05, 0) is 30.0 Å². The van der Waals surface area contributed by atoms with Gasteiger partial charge in [-0.15, -0.1) is 0 Å². The second-order valence-corrected chi connectivity index (χ2v) is 5.12. The fourth-order valence-corrected chi connectivity index (χ4v) is 2.04. The Hall–Kier alpha value is -2.48. The summed E-state index contributed by atoms with van der Waals surface area (Å²) in [7, 11) is 1.56. The van der Waals surface area contributed by atoms with Crippen molar-refractivity contribution >= 4 is 39.9 Å². The number of H-pyrrole nitrogens is 1. The van der Waals surface area contributed by atoms with Crippen molar-refractivity contribution in [2.45, 2.75) is 6.42 Å². The fourth-order valence-electron chi connectivity index (χ4n) is 1.88. The number of carbonyl (C=O) groups excluding carboxylic acids is 2. The molecule has 1 amide bonds. The topological polar surface area (TPSA) is 107 Å². The van der Waals surface area contributed by atoms with Crippen LogP contribution < -0.4 is 10.5 Å². The van der Waals surface area contributed by atoms with E-state index < -0.39 is 12.1 Å². The van der Waals surface area contributed by atoms with Crippen molar-refractivity contribution in [3.8, 4) is 5.75 Å². The number of carbonyl (C=O) groups is 2. The van der Waals surface area contributed by atoms with Gasteiger partial charge in [-0.25, -0.2) is 4.79 Å². The SMILES string of the molecule is COc1ccc2[nH]cc(CC(=O)OC(=O)N=C(N)SC)c2c1. The molecule has 0 radical (unpaired) electrons. The van der Waals surface area contributed by atoms with E-state index in [1.54, 1.807) is 25.6 Å². The van der Waals surface area contributed by atoms with Crippen LogP contribution in [0.3, 0.4) is 0 Å². The molecule has 1 aromatic heterocycles. The zero-order valence-electron chi connectivity index (χ0n) is 12.1. The second kappa shape index (κ2) is 6.99. The van der Waals surface area contributed by atoms with Crippen LogP contribution in [0.25, 0.3) is 10.9 Å².